The third-order valence-electron chi connectivity index (χ3n) is 4.50. The highest BCUT2D eigenvalue weighted by atomic mass is 35.5. The zero-order chi connectivity index (χ0) is 22.0. The van der Waals surface area contributed by atoms with Crippen molar-refractivity contribution < 1.29 is 9.72 Å². The van der Waals surface area contributed by atoms with Crippen molar-refractivity contribution in [1.82, 2.24) is 9.97 Å². The molecule has 0 bridgehead atoms. The number of hydrogen-bond acceptors (Lipinski definition) is 6. The van der Waals surface area contributed by atoms with Crippen LogP contribution in [-0.4, -0.2) is 20.8 Å². The van der Waals surface area contributed by atoms with Gasteiger partial charge in [-0.05, 0) is 54.6 Å². The van der Waals surface area contributed by atoms with E-state index in [4.69, 9.17) is 11.6 Å². The van der Waals surface area contributed by atoms with Crippen LogP contribution in [0.25, 0.3) is 10.9 Å². The number of carbonyl (C=O) groups excluding carboxylic acids is 1. The number of rotatable bonds is 5. The summed E-state index contributed by atoms with van der Waals surface area (Å²) < 4.78 is 0. The second-order valence-corrected chi connectivity index (χ2v) is 6.94. The minimum Gasteiger partial charge on any atom is -0.355 e. The predicted octanol–water partition coefficient (Wildman–Crippen LogP) is 4.48. The summed E-state index contributed by atoms with van der Waals surface area (Å²) in [7, 11) is 0. The molecule has 1 aromatic heterocycles. The van der Waals surface area contributed by atoms with Gasteiger partial charge in [0.05, 0.1) is 22.3 Å². The van der Waals surface area contributed by atoms with Gasteiger partial charge >= 0.3 is 0 Å². The monoisotopic (exact) mass is 435 g/mol. The van der Waals surface area contributed by atoms with E-state index in [0.29, 0.717) is 27.6 Å². The topological polar surface area (TPSA) is 130 Å². The Kier molecular flexibility index (Phi) is 5.33. The maximum atomic E-state index is 12.3. The number of aromatic amines is 1. The van der Waals surface area contributed by atoms with Crippen molar-refractivity contribution in [3.8, 4) is 0 Å². The van der Waals surface area contributed by atoms with Crippen LogP contribution in [0.3, 0.4) is 0 Å². The van der Waals surface area contributed by atoms with Gasteiger partial charge in [0, 0.05) is 28.0 Å². The Hall–Kier alpha value is -4.24. The average Bonchev–Trinajstić information content (AvgIpc) is 2.75. The van der Waals surface area contributed by atoms with Crippen LogP contribution in [0.4, 0.5) is 22.7 Å². The van der Waals surface area contributed by atoms with E-state index in [2.05, 4.69) is 20.6 Å². The minimum absolute atomic E-state index is 0.00871. The molecule has 0 unspecified atom stereocenters. The number of nitrogens with one attached hydrogen (secondary N) is 3. The van der Waals surface area contributed by atoms with E-state index in [0.717, 1.165) is 6.33 Å². The van der Waals surface area contributed by atoms with Crippen LogP contribution in [0.15, 0.2) is 71.8 Å². The lowest BCUT2D eigenvalue weighted by Gasteiger charge is -2.10. The molecule has 1 amide bonds. The maximum absolute atomic E-state index is 12.3. The van der Waals surface area contributed by atoms with Gasteiger partial charge in [0.2, 0.25) is 0 Å². The number of nitro benzene ring substituents is 1. The highest BCUT2D eigenvalue weighted by molar-refractivity contribution is 6.30. The van der Waals surface area contributed by atoms with Crippen LogP contribution in [0.5, 0.6) is 0 Å². The summed E-state index contributed by atoms with van der Waals surface area (Å²) >= 11 is 5.83. The highest BCUT2D eigenvalue weighted by Gasteiger charge is 2.18. The lowest BCUT2D eigenvalue weighted by molar-refractivity contribution is -0.383. The molecule has 3 N–H and O–H groups in total. The summed E-state index contributed by atoms with van der Waals surface area (Å²) in [4.78, 5) is 41.6. The Balaban J connectivity index is 1.57. The molecule has 4 rings (SSSR count). The number of fused-ring (bicyclic) bond motifs is 1. The average molecular weight is 436 g/mol. The second-order valence-electron chi connectivity index (χ2n) is 6.51. The Morgan fingerprint density at radius 1 is 1.00 bits per heavy atom. The molecule has 0 aliphatic rings. The number of hydrogen-bond donors (Lipinski definition) is 3. The first-order valence-electron chi connectivity index (χ1n) is 9.01. The van der Waals surface area contributed by atoms with Gasteiger partial charge in [-0.15, -0.1) is 0 Å². The summed E-state index contributed by atoms with van der Waals surface area (Å²) in [5.74, 6) is -0.281. The molecule has 0 aliphatic heterocycles. The van der Waals surface area contributed by atoms with E-state index in [1.165, 1.54) is 12.1 Å². The zero-order valence-corrected chi connectivity index (χ0v) is 16.5. The first kappa shape index (κ1) is 20.0. The molecular formula is C21H14ClN5O4. The van der Waals surface area contributed by atoms with E-state index < -0.39 is 10.5 Å². The van der Waals surface area contributed by atoms with Crippen LogP contribution in [0.1, 0.15) is 10.4 Å². The maximum Gasteiger partial charge on any atom is 0.295 e. The number of carbonyl (C=O) groups is 1. The van der Waals surface area contributed by atoms with Crippen molar-refractivity contribution >= 4 is 51.2 Å². The van der Waals surface area contributed by atoms with E-state index in [1.807, 2.05) is 0 Å². The van der Waals surface area contributed by atoms with Crippen molar-refractivity contribution in [2.24, 2.45) is 0 Å². The molecule has 0 aliphatic carbocycles. The van der Waals surface area contributed by atoms with Crippen molar-refractivity contribution in [3.63, 3.8) is 0 Å². The molecule has 31 heavy (non-hydrogen) atoms. The summed E-state index contributed by atoms with van der Waals surface area (Å²) in [5.41, 5.74) is 1.26. The third kappa shape index (κ3) is 4.21. The first-order valence-corrected chi connectivity index (χ1v) is 9.39. The minimum atomic E-state index is -0.587. The summed E-state index contributed by atoms with van der Waals surface area (Å²) in [6, 6.07) is 16.0. The fourth-order valence-electron chi connectivity index (χ4n) is 3.02. The van der Waals surface area contributed by atoms with Gasteiger partial charge in [-0.3, -0.25) is 19.7 Å². The first-order chi connectivity index (χ1) is 14.9. The number of halogens is 1. The molecule has 154 valence electrons. The van der Waals surface area contributed by atoms with E-state index >= 15 is 0 Å². The fourth-order valence-corrected chi connectivity index (χ4v) is 3.14. The molecule has 9 nitrogen and oxygen atoms in total. The number of anilines is 3. The number of H-pyrrole nitrogens is 1. The summed E-state index contributed by atoms with van der Waals surface area (Å²) in [6.07, 6.45) is 1.12. The summed E-state index contributed by atoms with van der Waals surface area (Å²) in [5, 5.41) is 17.7. The molecule has 0 saturated heterocycles. The van der Waals surface area contributed by atoms with Crippen molar-refractivity contribution in [1.29, 1.82) is 0 Å². The van der Waals surface area contributed by atoms with E-state index in [-0.39, 0.29) is 22.5 Å². The Morgan fingerprint density at radius 3 is 2.35 bits per heavy atom. The Labute approximate surface area is 179 Å². The molecule has 1 heterocycles. The number of nitrogens with zero attached hydrogens (tertiary/aromatic N) is 2. The van der Waals surface area contributed by atoms with Crippen LogP contribution < -0.4 is 16.2 Å². The standard InChI is InChI=1S/C21H14ClN5O4/c22-13-3-1-12(2-4-13)20(28)26-15-7-5-14(6-8-15)25-16-9-10-17(27(30)31)19-18(16)21(29)24-11-23-19/h1-11,25H,(H,26,28)(H,23,24,29). The van der Waals surface area contributed by atoms with Gasteiger partial charge < -0.3 is 15.6 Å². The largest absolute Gasteiger partial charge is 0.355 e. The van der Waals surface area contributed by atoms with Gasteiger partial charge in [0.25, 0.3) is 17.2 Å². The number of nitro groups is 1. The van der Waals surface area contributed by atoms with Gasteiger partial charge in [-0.2, -0.15) is 0 Å². The fraction of sp³-hybridized carbons (Fsp3) is 0. The number of amides is 1. The Morgan fingerprint density at radius 2 is 1.68 bits per heavy atom. The molecule has 0 spiro atoms. The molecular weight excluding hydrogens is 422 g/mol. The van der Waals surface area contributed by atoms with Crippen molar-refractivity contribution in [2.45, 2.75) is 0 Å². The van der Waals surface area contributed by atoms with Gasteiger partial charge in [-0.25, -0.2) is 4.98 Å². The van der Waals surface area contributed by atoms with E-state index in [1.54, 1.807) is 48.5 Å². The normalized spacial score (nSPS) is 10.6. The van der Waals surface area contributed by atoms with Gasteiger partial charge in [-0.1, -0.05) is 11.6 Å². The summed E-state index contributed by atoms with van der Waals surface area (Å²) in [6.45, 7) is 0. The SMILES string of the molecule is O=C(Nc1ccc(Nc2ccc([N+](=O)[O-])c3nc[nH]c(=O)c23)cc1)c1ccc(Cl)cc1. The lowest BCUT2D eigenvalue weighted by Crippen LogP contribution is -2.11. The van der Waals surface area contributed by atoms with Crippen LogP contribution in [0.2, 0.25) is 5.02 Å². The molecule has 10 heteroatoms. The molecule has 3 aromatic carbocycles. The van der Waals surface area contributed by atoms with Crippen molar-refractivity contribution in [2.75, 3.05) is 10.6 Å². The zero-order valence-electron chi connectivity index (χ0n) is 15.8. The number of non-ortho nitro benzene ring substituents is 1. The molecule has 0 atom stereocenters. The smallest absolute Gasteiger partial charge is 0.295 e. The van der Waals surface area contributed by atoms with E-state index in [9.17, 15) is 19.7 Å². The van der Waals surface area contributed by atoms with Crippen LogP contribution >= 0.6 is 11.6 Å². The number of aromatic nitrogens is 2. The predicted molar refractivity (Wildman–Crippen MR) is 118 cm³/mol. The molecule has 0 saturated carbocycles. The van der Waals surface area contributed by atoms with Gasteiger partial charge in [0.1, 0.15) is 0 Å². The highest BCUT2D eigenvalue weighted by Crippen LogP contribution is 2.29. The molecule has 0 fully saturated rings. The molecule has 4 aromatic rings. The second kappa shape index (κ2) is 8.25. The lowest BCUT2D eigenvalue weighted by atomic mass is 10.1. The Bertz CT molecular complexity index is 1350. The number of benzene rings is 3. The van der Waals surface area contributed by atoms with Crippen LogP contribution in [-0.2, 0) is 0 Å². The quantitative estimate of drug-likeness (QED) is 0.313. The van der Waals surface area contributed by atoms with Gasteiger partial charge in [0.15, 0.2) is 5.52 Å². The third-order valence-corrected chi connectivity index (χ3v) is 4.75. The van der Waals surface area contributed by atoms with Crippen LogP contribution in [0, 0.1) is 10.1 Å². The molecule has 0 radical (unpaired) electrons. The van der Waals surface area contributed by atoms with Crippen molar-refractivity contribution in [3.05, 3.63) is 98.0 Å².